The highest BCUT2D eigenvalue weighted by molar-refractivity contribution is 6.06. The van der Waals surface area contributed by atoms with Gasteiger partial charge in [-0.2, -0.15) is 0 Å². The van der Waals surface area contributed by atoms with Gasteiger partial charge < -0.3 is 8.98 Å². The molecule has 2 aromatic rings. The van der Waals surface area contributed by atoms with E-state index in [0.29, 0.717) is 11.4 Å². The number of aryl methyl sites for hydroxylation is 1. The Kier molecular flexibility index (Phi) is 1.73. The Balaban J connectivity index is 2.39. The highest BCUT2D eigenvalue weighted by Crippen LogP contribution is 2.07. The molecule has 13 heavy (non-hydrogen) atoms. The third-order valence-electron chi connectivity index (χ3n) is 1.81. The van der Waals surface area contributed by atoms with E-state index in [1.165, 1.54) is 12.5 Å². The molecule has 0 radical (unpaired) electrons. The molecule has 0 N–H and O–H groups in total. The fourth-order valence-electron chi connectivity index (χ4n) is 1.11. The van der Waals surface area contributed by atoms with Crippen LogP contribution in [0, 0.1) is 0 Å². The van der Waals surface area contributed by atoms with Crippen LogP contribution in [0.15, 0.2) is 35.4 Å². The van der Waals surface area contributed by atoms with Crippen molar-refractivity contribution >= 4 is 5.78 Å². The van der Waals surface area contributed by atoms with Gasteiger partial charge in [-0.3, -0.25) is 4.79 Å². The van der Waals surface area contributed by atoms with Crippen LogP contribution in [0.5, 0.6) is 0 Å². The van der Waals surface area contributed by atoms with Gasteiger partial charge in [-0.05, 0) is 6.07 Å². The van der Waals surface area contributed by atoms with Gasteiger partial charge in [0.1, 0.15) is 6.26 Å². The molecule has 0 spiro atoms. The summed E-state index contributed by atoms with van der Waals surface area (Å²) in [6.45, 7) is 0. The van der Waals surface area contributed by atoms with E-state index >= 15 is 0 Å². The monoisotopic (exact) mass is 176 g/mol. The summed E-state index contributed by atoms with van der Waals surface area (Å²) in [6, 6.07) is 1.62. The molecule has 2 rings (SSSR count). The molecule has 4 nitrogen and oxygen atoms in total. The standard InChI is InChI=1S/C9H8N2O2/c1-11-4-3-10-9(11)8(12)7-2-5-13-6-7/h2-6H,1H3. The SMILES string of the molecule is Cn1ccnc1C(=O)c1ccoc1. The lowest BCUT2D eigenvalue weighted by Crippen LogP contribution is -2.07. The number of rotatable bonds is 2. The molecule has 0 aromatic carbocycles. The minimum Gasteiger partial charge on any atom is -0.472 e. The molecule has 0 atom stereocenters. The number of ketones is 1. The van der Waals surface area contributed by atoms with Crippen molar-refractivity contribution in [1.82, 2.24) is 9.55 Å². The number of carbonyl (C=O) groups is 1. The van der Waals surface area contributed by atoms with Gasteiger partial charge in [-0.15, -0.1) is 0 Å². The van der Waals surface area contributed by atoms with Gasteiger partial charge in [0, 0.05) is 19.4 Å². The smallest absolute Gasteiger partial charge is 0.231 e. The van der Waals surface area contributed by atoms with Crippen LogP contribution in [0.2, 0.25) is 0 Å². The molecule has 0 aliphatic rings. The van der Waals surface area contributed by atoms with Gasteiger partial charge >= 0.3 is 0 Å². The van der Waals surface area contributed by atoms with E-state index in [1.807, 2.05) is 0 Å². The Morgan fingerprint density at radius 2 is 2.46 bits per heavy atom. The predicted octanol–water partition coefficient (Wildman–Crippen LogP) is 1.24. The summed E-state index contributed by atoms with van der Waals surface area (Å²) in [6.07, 6.45) is 6.20. The number of hydrogen-bond donors (Lipinski definition) is 0. The van der Waals surface area contributed by atoms with Crippen LogP contribution in [-0.4, -0.2) is 15.3 Å². The second kappa shape index (κ2) is 2.90. The first-order valence-corrected chi connectivity index (χ1v) is 3.83. The van der Waals surface area contributed by atoms with Crippen molar-refractivity contribution in [2.24, 2.45) is 7.05 Å². The zero-order chi connectivity index (χ0) is 9.26. The summed E-state index contributed by atoms with van der Waals surface area (Å²) in [5.74, 6) is 0.294. The third-order valence-corrected chi connectivity index (χ3v) is 1.81. The largest absolute Gasteiger partial charge is 0.472 e. The number of carbonyl (C=O) groups excluding carboxylic acids is 1. The molecular weight excluding hydrogens is 168 g/mol. The first-order valence-electron chi connectivity index (χ1n) is 3.83. The van der Waals surface area contributed by atoms with E-state index in [0.717, 1.165) is 0 Å². The van der Waals surface area contributed by atoms with Crippen LogP contribution in [0.4, 0.5) is 0 Å². The van der Waals surface area contributed by atoms with Gasteiger partial charge in [0.2, 0.25) is 5.78 Å². The topological polar surface area (TPSA) is 48.0 Å². The van der Waals surface area contributed by atoms with Crippen molar-refractivity contribution in [2.75, 3.05) is 0 Å². The number of furan rings is 1. The van der Waals surface area contributed by atoms with Crippen molar-refractivity contribution in [3.63, 3.8) is 0 Å². The third kappa shape index (κ3) is 1.26. The zero-order valence-corrected chi connectivity index (χ0v) is 7.10. The second-order valence-electron chi connectivity index (χ2n) is 2.70. The Bertz CT molecular complexity index is 415. The molecule has 2 heterocycles. The minimum absolute atomic E-state index is 0.124. The number of imidazole rings is 1. The maximum absolute atomic E-state index is 11.6. The molecule has 0 fully saturated rings. The Hall–Kier alpha value is -1.84. The van der Waals surface area contributed by atoms with Crippen molar-refractivity contribution in [1.29, 1.82) is 0 Å². The van der Waals surface area contributed by atoms with Gasteiger partial charge in [-0.1, -0.05) is 0 Å². The van der Waals surface area contributed by atoms with E-state index in [4.69, 9.17) is 4.42 Å². The number of aromatic nitrogens is 2. The summed E-state index contributed by atoms with van der Waals surface area (Å²) >= 11 is 0. The maximum atomic E-state index is 11.6. The molecule has 0 aliphatic carbocycles. The van der Waals surface area contributed by atoms with Crippen molar-refractivity contribution in [3.05, 3.63) is 42.4 Å². The lowest BCUT2D eigenvalue weighted by atomic mass is 10.2. The van der Waals surface area contributed by atoms with E-state index in [1.54, 1.807) is 30.1 Å². The summed E-state index contributed by atoms with van der Waals surface area (Å²) in [5, 5.41) is 0. The molecule has 0 aliphatic heterocycles. The first-order chi connectivity index (χ1) is 6.29. The number of nitrogens with zero attached hydrogens (tertiary/aromatic N) is 2. The van der Waals surface area contributed by atoms with Crippen molar-refractivity contribution < 1.29 is 9.21 Å². The zero-order valence-electron chi connectivity index (χ0n) is 7.10. The summed E-state index contributed by atoms with van der Waals surface area (Å²) in [4.78, 5) is 15.6. The average molecular weight is 176 g/mol. The minimum atomic E-state index is -0.124. The molecule has 66 valence electrons. The summed E-state index contributed by atoms with van der Waals surface area (Å²) in [7, 11) is 1.78. The summed E-state index contributed by atoms with van der Waals surface area (Å²) in [5.41, 5.74) is 0.523. The average Bonchev–Trinajstić information content (AvgIpc) is 2.72. The lowest BCUT2D eigenvalue weighted by Gasteiger charge is -1.96. The van der Waals surface area contributed by atoms with Crippen molar-refractivity contribution in [3.8, 4) is 0 Å². The normalized spacial score (nSPS) is 10.2. The van der Waals surface area contributed by atoms with Crippen LogP contribution in [0.25, 0.3) is 0 Å². The Labute approximate surface area is 74.8 Å². The van der Waals surface area contributed by atoms with Gasteiger partial charge in [0.05, 0.1) is 11.8 Å². The van der Waals surface area contributed by atoms with E-state index in [2.05, 4.69) is 4.98 Å². The highest BCUT2D eigenvalue weighted by Gasteiger charge is 2.13. The van der Waals surface area contributed by atoms with E-state index in [9.17, 15) is 4.79 Å². The first kappa shape index (κ1) is 7.79. The quantitative estimate of drug-likeness (QED) is 0.647. The number of hydrogen-bond acceptors (Lipinski definition) is 3. The molecule has 0 saturated carbocycles. The van der Waals surface area contributed by atoms with Crippen LogP contribution >= 0.6 is 0 Å². The van der Waals surface area contributed by atoms with Gasteiger partial charge in [-0.25, -0.2) is 4.98 Å². The molecule has 0 saturated heterocycles. The van der Waals surface area contributed by atoms with Gasteiger partial charge in [0.25, 0.3) is 0 Å². The maximum Gasteiger partial charge on any atom is 0.231 e. The lowest BCUT2D eigenvalue weighted by molar-refractivity contribution is 0.102. The van der Waals surface area contributed by atoms with Crippen LogP contribution < -0.4 is 0 Å². The van der Waals surface area contributed by atoms with Gasteiger partial charge in [0.15, 0.2) is 5.82 Å². The van der Waals surface area contributed by atoms with Crippen molar-refractivity contribution in [2.45, 2.75) is 0 Å². The van der Waals surface area contributed by atoms with Crippen LogP contribution in [0.1, 0.15) is 16.2 Å². The molecule has 0 unspecified atom stereocenters. The second-order valence-corrected chi connectivity index (χ2v) is 2.70. The highest BCUT2D eigenvalue weighted by atomic mass is 16.3. The predicted molar refractivity (Wildman–Crippen MR) is 45.3 cm³/mol. The molecular formula is C9H8N2O2. The Morgan fingerprint density at radius 3 is 3.00 bits per heavy atom. The fraction of sp³-hybridized carbons (Fsp3) is 0.111. The molecule has 0 amide bonds. The molecule has 4 heteroatoms. The molecule has 2 aromatic heterocycles. The fourth-order valence-corrected chi connectivity index (χ4v) is 1.11. The molecule has 0 bridgehead atoms. The van der Waals surface area contributed by atoms with Crippen LogP contribution in [0.3, 0.4) is 0 Å². The Morgan fingerprint density at radius 1 is 1.62 bits per heavy atom. The van der Waals surface area contributed by atoms with E-state index in [-0.39, 0.29) is 5.78 Å². The van der Waals surface area contributed by atoms with Crippen LogP contribution in [-0.2, 0) is 7.05 Å². The van der Waals surface area contributed by atoms with E-state index < -0.39 is 0 Å². The summed E-state index contributed by atoms with van der Waals surface area (Å²) < 4.78 is 6.49.